The Hall–Kier alpha value is -0.750. The van der Waals surface area contributed by atoms with E-state index in [1.807, 2.05) is 35.9 Å². The zero-order valence-corrected chi connectivity index (χ0v) is 14.2. The molecular formula is C14H23N3OS2. The Morgan fingerprint density at radius 2 is 2.25 bits per heavy atom. The first-order valence-electron chi connectivity index (χ1n) is 7.06. The zero-order valence-electron chi connectivity index (χ0n) is 12.5. The number of thioether (sulfide) groups is 1. The number of hydrogen-bond donors (Lipinski definition) is 1. The average molecular weight is 313 g/mol. The van der Waals surface area contributed by atoms with Crippen LogP contribution >= 0.6 is 23.1 Å². The third kappa shape index (κ3) is 3.88. The van der Waals surface area contributed by atoms with Crippen molar-refractivity contribution < 1.29 is 4.79 Å². The molecule has 2 atom stereocenters. The van der Waals surface area contributed by atoms with E-state index in [-0.39, 0.29) is 12.1 Å². The minimum absolute atomic E-state index is 0.0201. The highest BCUT2D eigenvalue weighted by molar-refractivity contribution is 8.00. The summed E-state index contributed by atoms with van der Waals surface area (Å²) in [5.74, 6) is 1.63. The topological polar surface area (TPSA) is 45.2 Å². The molecule has 4 nitrogen and oxygen atoms in total. The highest BCUT2D eigenvalue weighted by Crippen LogP contribution is 2.25. The van der Waals surface area contributed by atoms with Gasteiger partial charge in [0.1, 0.15) is 5.01 Å². The van der Waals surface area contributed by atoms with Gasteiger partial charge in [-0.15, -0.1) is 11.3 Å². The lowest BCUT2D eigenvalue weighted by Gasteiger charge is -2.34. The lowest BCUT2D eigenvalue weighted by molar-refractivity contribution is 0.194. The van der Waals surface area contributed by atoms with Crippen molar-refractivity contribution in [3.63, 3.8) is 0 Å². The van der Waals surface area contributed by atoms with Crippen LogP contribution in [0.1, 0.15) is 37.5 Å². The van der Waals surface area contributed by atoms with Crippen LogP contribution in [0.4, 0.5) is 4.79 Å². The molecule has 1 fully saturated rings. The standard InChI is InChI=1S/C14H23N3OS2/c1-9(2)12-7-17(5-6-19-12)14(18)16-11(4)13-15-10(3)8-20-13/h8-9,11-12H,5-7H2,1-4H3,(H,16,18)/t11-,12-/m1/s1. The Labute approximate surface area is 129 Å². The molecule has 0 spiro atoms. The normalized spacial score (nSPS) is 21.1. The molecule has 2 amide bonds. The molecule has 0 aromatic carbocycles. The van der Waals surface area contributed by atoms with E-state index in [0.29, 0.717) is 11.2 Å². The van der Waals surface area contributed by atoms with Crippen LogP contribution in [-0.2, 0) is 0 Å². The van der Waals surface area contributed by atoms with Gasteiger partial charge in [0.25, 0.3) is 0 Å². The van der Waals surface area contributed by atoms with E-state index in [0.717, 1.165) is 29.5 Å². The van der Waals surface area contributed by atoms with Crippen LogP contribution < -0.4 is 5.32 Å². The quantitative estimate of drug-likeness (QED) is 0.931. The number of carbonyl (C=O) groups excluding carboxylic acids is 1. The van der Waals surface area contributed by atoms with E-state index in [1.54, 1.807) is 11.3 Å². The van der Waals surface area contributed by atoms with Gasteiger partial charge in [0.2, 0.25) is 0 Å². The fourth-order valence-corrected chi connectivity index (χ4v) is 4.28. The molecule has 1 saturated heterocycles. The van der Waals surface area contributed by atoms with Crippen LogP contribution in [-0.4, -0.2) is 40.0 Å². The molecule has 1 N–H and O–H groups in total. The van der Waals surface area contributed by atoms with E-state index < -0.39 is 0 Å². The molecule has 0 radical (unpaired) electrons. The first kappa shape index (κ1) is 15.6. The molecule has 20 heavy (non-hydrogen) atoms. The second-order valence-electron chi connectivity index (χ2n) is 5.60. The van der Waals surface area contributed by atoms with E-state index in [2.05, 4.69) is 24.1 Å². The van der Waals surface area contributed by atoms with E-state index in [1.165, 1.54) is 0 Å². The smallest absolute Gasteiger partial charge is 0.318 e. The summed E-state index contributed by atoms with van der Waals surface area (Å²) in [5.41, 5.74) is 1.01. The van der Waals surface area contributed by atoms with Gasteiger partial charge in [-0.1, -0.05) is 13.8 Å². The van der Waals surface area contributed by atoms with E-state index >= 15 is 0 Å². The maximum atomic E-state index is 12.3. The number of hydrogen-bond acceptors (Lipinski definition) is 4. The number of aryl methyl sites for hydroxylation is 1. The van der Waals surface area contributed by atoms with Crippen LogP contribution in [0.2, 0.25) is 0 Å². The number of thiazole rings is 1. The Morgan fingerprint density at radius 1 is 1.50 bits per heavy atom. The van der Waals surface area contributed by atoms with Crippen molar-refractivity contribution in [1.29, 1.82) is 0 Å². The van der Waals surface area contributed by atoms with Gasteiger partial charge in [-0.25, -0.2) is 9.78 Å². The zero-order chi connectivity index (χ0) is 14.7. The SMILES string of the molecule is Cc1csc([C@@H](C)NC(=O)N2CCS[C@@H](C(C)C)C2)n1. The predicted octanol–water partition coefficient (Wildman–Crippen LogP) is 3.30. The molecule has 0 aliphatic carbocycles. The van der Waals surface area contributed by atoms with E-state index in [4.69, 9.17) is 0 Å². The maximum Gasteiger partial charge on any atom is 0.318 e. The molecule has 0 unspecified atom stereocenters. The Bertz CT molecular complexity index is 461. The van der Waals surface area contributed by atoms with Crippen molar-refractivity contribution in [3.8, 4) is 0 Å². The largest absolute Gasteiger partial charge is 0.329 e. The van der Waals surface area contributed by atoms with Crippen LogP contribution in [0.3, 0.4) is 0 Å². The van der Waals surface area contributed by atoms with Crippen molar-refractivity contribution >= 4 is 29.1 Å². The summed E-state index contributed by atoms with van der Waals surface area (Å²) in [7, 11) is 0. The summed E-state index contributed by atoms with van der Waals surface area (Å²) in [4.78, 5) is 18.7. The van der Waals surface area contributed by atoms with Gasteiger partial charge in [0, 0.05) is 35.2 Å². The lowest BCUT2D eigenvalue weighted by Crippen LogP contribution is -2.48. The van der Waals surface area contributed by atoms with E-state index in [9.17, 15) is 4.79 Å². The van der Waals surface area contributed by atoms with Crippen molar-refractivity contribution in [2.75, 3.05) is 18.8 Å². The molecule has 0 saturated carbocycles. The Morgan fingerprint density at radius 3 is 2.85 bits per heavy atom. The fourth-order valence-electron chi connectivity index (χ4n) is 2.17. The van der Waals surface area contributed by atoms with Crippen molar-refractivity contribution in [3.05, 3.63) is 16.1 Å². The number of rotatable bonds is 3. The van der Waals surface area contributed by atoms with Crippen LogP contribution in [0.25, 0.3) is 0 Å². The van der Waals surface area contributed by atoms with Crippen molar-refractivity contribution in [2.45, 2.75) is 39.0 Å². The van der Waals surface area contributed by atoms with Gasteiger partial charge < -0.3 is 10.2 Å². The highest BCUT2D eigenvalue weighted by atomic mass is 32.2. The summed E-state index contributed by atoms with van der Waals surface area (Å²) in [6, 6.07) is 0.0181. The molecule has 6 heteroatoms. The van der Waals surface area contributed by atoms with Gasteiger partial charge >= 0.3 is 6.03 Å². The molecule has 1 aliphatic heterocycles. The van der Waals surface area contributed by atoms with Gasteiger partial charge in [-0.3, -0.25) is 0 Å². The van der Waals surface area contributed by atoms with Crippen LogP contribution in [0, 0.1) is 12.8 Å². The van der Waals surface area contributed by atoms with Crippen LogP contribution in [0.5, 0.6) is 0 Å². The summed E-state index contributed by atoms with van der Waals surface area (Å²) in [6.45, 7) is 10.1. The van der Waals surface area contributed by atoms with Gasteiger partial charge in [0.15, 0.2) is 0 Å². The molecule has 2 rings (SSSR count). The van der Waals surface area contributed by atoms with Gasteiger partial charge in [0.05, 0.1) is 6.04 Å². The Balaban J connectivity index is 1.91. The molecule has 2 heterocycles. The number of carbonyl (C=O) groups is 1. The first-order valence-corrected chi connectivity index (χ1v) is 8.99. The van der Waals surface area contributed by atoms with Gasteiger partial charge in [-0.2, -0.15) is 11.8 Å². The number of amides is 2. The summed E-state index contributed by atoms with van der Waals surface area (Å²) in [5, 5.41) is 6.61. The second kappa shape index (κ2) is 6.80. The minimum atomic E-state index is -0.0201. The minimum Gasteiger partial charge on any atom is -0.329 e. The second-order valence-corrected chi connectivity index (χ2v) is 7.83. The Kier molecular flexibility index (Phi) is 5.32. The lowest BCUT2D eigenvalue weighted by atomic mass is 10.1. The highest BCUT2D eigenvalue weighted by Gasteiger charge is 2.27. The molecular weight excluding hydrogens is 290 g/mol. The summed E-state index contributed by atoms with van der Waals surface area (Å²) >= 11 is 3.58. The third-order valence-electron chi connectivity index (χ3n) is 3.47. The van der Waals surface area contributed by atoms with Gasteiger partial charge in [-0.05, 0) is 19.8 Å². The monoisotopic (exact) mass is 313 g/mol. The maximum absolute atomic E-state index is 12.3. The van der Waals surface area contributed by atoms with Crippen molar-refractivity contribution in [2.24, 2.45) is 5.92 Å². The molecule has 1 aliphatic rings. The molecule has 0 bridgehead atoms. The number of aromatic nitrogens is 1. The third-order valence-corrected chi connectivity index (χ3v) is 6.16. The molecule has 112 valence electrons. The van der Waals surface area contributed by atoms with Crippen molar-refractivity contribution in [1.82, 2.24) is 15.2 Å². The first-order chi connectivity index (χ1) is 9.47. The molecule has 1 aromatic rings. The summed E-state index contributed by atoms with van der Waals surface area (Å²) < 4.78 is 0. The average Bonchev–Trinajstić information content (AvgIpc) is 2.85. The predicted molar refractivity (Wildman–Crippen MR) is 86.5 cm³/mol. The molecule has 1 aromatic heterocycles. The summed E-state index contributed by atoms with van der Waals surface area (Å²) in [6.07, 6.45) is 0. The fraction of sp³-hybridized carbons (Fsp3) is 0.714. The number of nitrogens with one attached hydrogen (secondary N) is 1. The number of urea groups is 1. The number of nitrogens with zero attached hydrogens (tertiary/aromatic N) is 2. The van der Waals surface area contributed by atoms with Crippen LogP contribution in [0.15, 0.2) is 5.38 Å².